The van der Waals surface area contributed by atoms with Crippen LogP contribution in [-0.2, 0) is 0 Å². The van der Waals surface area contributed by atoms with Crippen LogP contribution in [0.5, 0.6) is 0 Å². The molecule has 5 nitrogen and oxygen atoms in total. The van der Waals surface area contributed by atoms with E-state index in [4.69, 9.17) is 5.26 Å². The Hall–Kier alpha value is -2.09. The molecule has 0 N–H and O–H groups in total. The van der Waals surface area contributed by atoms with Gasteiger partial charge >= 0.3 is 0 Å². The Morgan fingerprint density at radius 3 is 2.71 bits per heavy atom. The van der Waals surface area contributed by atoms with E-state index in [9.17, 15) is 10.1 Å². The van der Waals surface area contributed by atoms with Crippen molar-refractivity contribution in [3.8, 4) is 6.07 Å². The highest BCUT2D eigenvalue weighted by molar-refractivity contribution is 5.63. The van der Waals surface area contributed by atoms with E-state index in [1.54, 1.807) is 6.07 Å². The lowest BCUT2D eigenvalue weighted by Crippen LogP contribution is -2.37. The summed E-state index contributed by atoms with van der Waals surface area (Å²) in [5.74, 6) is 0. The quantitative estimate of drug-likeness (QED) is 0.591. The molecule has 0 radical (unpaired) electrons. The molecule has 0 aliphatic heterocycles. The number of non-ortho nitro benzene ring substituents is 1. The third-order valence-electron chi connectivity index (χ3n) is 3.31. The van der Waals surface area contributed by atoms with Crippen LogP contribution in [0.4, 0.5) is 11.4 Å². The largest absolute Gasteiger partial charge is 0.371 e. The van der Waals surface area contributed by atoms with E-state index in [0.29, 0.717) is 11.6 Å². The molecule has 17 heavy (non-hydrogen) atoms. The van der Waals surface area contributed by atoms with Gasteiger partial charge in [-0.3, -0.25) is 10.1 Å². The van der Waals surface area contributed by atoms with Gasteiger partial charge in [0, 0.05) is 25.2 Å². The average Bonchev–Trinajstić information content (AvgIpc) is 2.25. The van der Waals surface area contributed by atoms with Crippen molar-refractivity contribution < 1.29 is 4.92 Å². The first kappa shape index (κ1) is 11.4. The topological polar surface area (TPSA) is 70.2 Å². The van der Waals surface area contributed by atoms with Crippen molar-refractivity contribution in [1.82, 2.24) is 0 Å². The molecule has 0 atom stereocenters. The van der Waals surface area contributed by atoms with Crippen LogP contribution in [0.2, 0.25) is 0 Å². The Bertz CT molecular complexity index is 489. The Morgan fingerprint density at radius 1 is 1.53 bits per heavy atom. The zero-order valence-electron chi connectivity index (χ0n) is 9.59. The van der Waals surface area contributed by atoms with Crippen molar-refractivity contribution in [2.24, 2.45) is 0 Å². The molecule has 1 aromatic carbocycles. The number of benzene rings is 1. The zero-order valence-corrected chi connectivity index (χ0v) is 9.59. The maximum atomic E-state index is 10.6. The minimum atomic E-state index is -0.478. The highest BCUT2D eigenvalue weighted by atomic mass is 16.6. The molecule has 0 bridgehead atoms. The van der Waals surface area contributed by atoms with Gasteiger partial charge in [0.1, 0.15) is 6.07 Å². The van der Waals surface area contributed by atoms with E-state index < -0.39 is 4.92 Å². The van der Waals surface area contributed by atoms with Crippen LogP contribution < -0.4 is 4.90 Å². The monoisotopic (exact) mass is 231 g/mol. The van der Waals surface area contributed by atoms with Crippen molar-refractivity contribution in [2.75, 3.05) is 11.9 Å². The van der Waals surface area contributed by atoms with Crippen molar-refractivity contribution >= 4 is 11.4 Å². The molecular weight excluding hydrogens is 218 g/mol. The Morgan fingerprint density at radius 2 is 2.24 bits per heavy atom. The van der Waals surface area contributed by atoms with Crippen molar-refractivity contribution in [3.05, 3.63) is 33.9 Å². The molecule has 5 heteroatoms. The number of rotatable bonds is 3. The van der Waals surface area contributed by atoms with Crippen molar-refractivity contribution in [2.45, 2.75) is 25.3 Å². The zero-order chi connectivity index (χ0) is 12.4. The van der Waals surface area contributed by atoms with Crippen LogP contribution in [0, 0.1) is 21.4 Å². The summed E-state index contributed by atoms with van der Waals surface area (Å²) >= 11 is 0. The van der Waals surface area contributed by atoms with Crippen LogP contribution in [0.3, 0.4) is 0 Å². The van der Waals surface area contributed by atoms with Crippen LogP contribution >= 0.6 is 0 Å². The van der Waals surface area contributed by atoms with Gasteiger partial charge in [-0.1, -0.05) is 0 Å². The molecule has 0 spiro atoms. The number of nitro groups is 1. The van der Waals surface area contributed by atoms with E-state index in [2.05, 4.69) is 0 Å². The number of hydrogen-bond acceptors (Lipinski definition) is 4. The van der Waals surface area contributed by atoms with Gasteiger partial charge in [0.05, 0.1) is 16.2 Å². The number of hydrogen-bond donors (Lipinski definition) is 0. The summed E-state index contributed by atoms with van der Waals surface area (Å²) in [6.45, 7) is 0. The van der Waals surface area contributed by atoms with Crippen LogP contribution in [-0.4, -0.2) is 18.0 Å². The first-order chi connectivity index (χ1) is 8.13. The van der Waals surface area contributed by atoms with Gasteiger partial charge in [-0.25, -0.2) is 0 Å². The highest BCUT2D eigenvalue weighted by Crippen LogP contribution is 2.31. The maximum Gasteiger partial charge on any atom is 0.270 e. The third-order valence-corrected chi connectivity index (χ3v) is 3.31. The van der Waals surface area contributed by atoms with E-state index in [1.165, 1.54) is 18.6 Å². The Kier molecular flexibility index (Phi) is 2.96. The maximum absolute atomic E-state index is 10.6. The predicted octanol–water partition coefficient (Wildman–Crippen LogP) is 2.46. The van der Waals surface area contributed by atoms with Gasteiger partial charge in [-0.2, -0.15) is 5.26 Å². The minimum Gasteiger partial charge on any atom is -0.371 e. The second kappa shape index (κ2) is 4.42. The molecule has 1 saturated carbocycles. The number of nitrogens with zero attached hydrogens (tertiary/aromatic N) is 3. The fourth-order valence-corrected chi connectivity index (χ4v) is 2.01. The van der Waals surface area contributed by atoms with E-state index in [0.717, 1.165) is 18.5 Å². The first-order valence-electron chi connectivity index (χ1n) is 5.55. The van der Waals surface area contributed by atoms with Gasteiger partial charge in [0.25, 0.3) is 5.69 Å². The average molecular weight is 231 g/mol. The van der Waals surface area contributed by atoms with Crippen molar-refractivity contribution in [3.63, 3.8) is 0 Å². The molecule has 0 heterocycles. The molecule has 1 aromatic rings. The smallest absolute Gasteiger partial charge is 0.270 e. The predicted molar refractivity (Wildman–Crippen MR) is 63.9 cm³/mol. The van der Waals surface area contributed by atoms with Gasteiger partial charge in [0.15, 0.2) is 0 Å². The van der Waals surface area contributed by atoms with Gasteiger partial charge in [-0.15, -0.1) is 0 Å². The molecular formula is C12H13N3O2. The molecule has 1 fully saturated rings. The highest BCUT2D eigenvalue weighted by Gasteiger charge is 2.24. The molecule has 0 saturated heterocycles. The summed E-state index contributed by atoms with van der Waals surface area (Å²) in [4.78, 5) is 12.2. The van der Waals surface area contributed by atoms with Gasteiger partial charge in [-0.05, 0) is 25.3 Å². The molecule has 1 aliphatic carbocycles. The first-order valence-corrected chi connectivity index (χ1v) is 5.55. The Labute approximate surface area is 99.4 Å². The fourth-order valence-electron chi connectivity index (χ4n) is 2.01. The van der Waals surface area contributed by atoms with E-state index in [1.807, 2.05) is 18.0 Å². The lowest BCUT2D eigenvalue weighted by atomic mass is 9.91. The van der Waals surface area contributed by atoms with Crippen LogP contribution in [0.25, 0.3) is 0 Å². The molecule has 88 valence electrons. The summed E-state index contributed by atoms with van der Waals surface area (Å²) in [5.41, 5.74) is 1.11. The van der Waals surface area contributed by atoms with Crippen LogP contribution in [0.15, 0.2) is 18.2 Å². The second-order valence-corrected chi connectivity index (χ2v) is 4.27. The lowest BCUT2D eigenvalue weighted by molar-refractivity contribution is -0.384. The Balaban J connectivity index is 2.34. The summed E-state index contributed by atoms with van der Waals surface area (Å²) in [5, 5.41) is 19.7. The summed E-state index contributed by atoms with van der Waals surface area (Å²) in [7, 11) is 1.94. The van der Waals surface area contributed by atoms with Gasteiger partial charge in [0.2, 0.25) is 0 Å². The summed E-state index contributed by atoms with van der Waals surface area (Å²) < 4.78 is 0. The van der Waals surface area contributed by atoms with E-state index >= 15 is 0 Å². The van der Waals surface area contributed by atoms with Crippen molar-refractivity contribution in [1.29, 1.82) is 5.26 Å². The minimum absolute atomic E-state index is 0.0349. The summed E-state index contributed by atoms with van der Waals surface area (Å²) in [6.07, 6.45) is 3.46. The molecule has 2 rings (SSSR count). The van der Waals surface area contributed by atoms with Gasteiger partial charge < -0.3 is 4.90 Å². The standard InChI is InChI=1S/C12H13N3O2/c1-14(10-3-2-4-10)12-6-5-11(15(16)17)7-9(12)8-13/h5-7,10H,2-4H2,1H3. The van der Waals surface area contributed by atoms with Crippen LogP contribution in [0.1, 0.15) is 24.8 Å². The molecule has 0 amide bonds. The van der Waals surface area contributed by atoms with E-state index in [-0.39, 0.29) is 5.69 Å². The number of nitro benzene ring substituents is 1. The third kappa shape index (κ3) is 2.07. The summed E-state index contributed by atoms with van der Waals surface area (Å²) in [6, 6.07) is 6.94. The molecule has 0 unspecified atom stereocenters. The number of nitriles is 1. The normalized spacial score (nSPS) is 14.8. The lowest BCUT2D eigenvalue weighted by Gasteiger charge is -2.36. The fraction of sp³-hybridized carbons (Fsp3) is 0.417. The molecule has 1 aliphatic rings. The second-order valence-electron chi connectivity index (χ2n) is 4.27. The number of anilines is 1. The SMILES string of the molecule is CN(c1ccc([N+](=O)[O-])cc1C#N)C1CCC1. The molecule has 0 aromatic heterocycles.